The molecule has 132 valence electrons. The topological polar surface area (TPSA) is 44.4 Å². The smallest absolute Gasteiger partial charge is 0.220 e. The molecule has 0 aromatic carbocycles. The molecule has 2 N–H and O–H groups in total. The molecule has 2 saturated heterocycles. The number of hydrogen-bond acceptors (Lipinski definition) is 3. The second kappa shape index (κ2) is 12.4. The third kappa shape index (κ3) is 8.56. The van der Waals surface area contributed by atoms with E-state index in [4.69, 9.17) is 0 Å². The Morgan fingerprint density at radius 3 is 2.27 bits per heavy atom. The minimum absolute atomic E-state index is 0. The highest BCUT2D eigenvalue weighted by molar-refractivity contribution is 5.85. The van der Waals surface area contributed by atoms with Crippen LogP contribution in [0.4, 0.5) is 0 Å². The van der Waals surface area contributed by atoms with E-state index < -0.39 is 0 Å². The number of likely N-dealkylation sites (tertiary alicyclic amines) is 1. The Morgan fingerprint density at radius 2 is 1.64 bits per heavy atom. The van der Waals surface area contributed by atoms with Crippen LogP contribution in [-0.4, -0.2) is 50.6 Å². The Labute approximate surface area is 148 Å². The van der Waals surface area contributed by atoms with Crippen molar-refractivity contribution in [3.05, 3.63) is 0 Å². The molecule has 2 fully saturated rings. The summed E-state index contributed by atoms with van der Waals surface area (Å²) < 4.78 is 0. The Kier molecular flexibility index (Phi) is 12.4. The maximum atomic E-state index is 11.8. The molecule has 0 saturated carbocycles. The predicted octanol–water partition coefficient (Wildman–Crippen LogP) is 2.46. The van der Waals surface area contributed by atoms with E-state index in [1.165, 1.54) is 38.8 Å². The van der Waals surface area contributed by atoms with Crippen molar-refractivity contribution in [2.24, 2.45) is 11.8 Å². The van der Waals surface area contributed by atoms with Gasteiger partial charge in [-0.3, -0.25) is 4.79 Å². The number of nitrogens with zero attached hydrogens (tertiary/aromatic N) is 1. The van der Waals surface area contributed by atoms with Gasteiger partial charge in [0.05, 0.1) is 0 Å². The van der Waals surface area contributed by atoms with Crippen molar-refractivity contribution >= 4 is 30.7 Å². The van der Waals surface area contributed by atoms with Crippen molar-refractivity contribution in [1.82, 2.24) is 15.5 Å². The van der Waals surface area contributed by atoms with E-state index in [1.54, 1.807) is 0 Å². The summed E-state index contributed by atoms with van der Waals surface area (Å²) in [5, 5.41) is 6.48. The summed E-state index contributed by atoms with van der Waals surface area (Å²) in [6.45, 7) is 5.56. The first-order valence-electron chi connectivity index (χ1n) is 8.40. The molecule has 0 bridgehead atoms. The lowest BCUT2D eigenvalue weighted by Crippen LogP contribution is -2.33. The zero-order valence-corrected chi connectivity index (χ0v) is 15.4. The van der Waals surface area contributed by atoms with E-state index >= 15 is 0 Å². The van der Waals surface area contributed by atoms with Crippen LogP contribution in [0.15, 0.2) is 0 Å². The average Bonchev–Trinajstić information content (AvgIpc) is 2.48. The van der Waals surface area contributed by atoms with Crippen molar-refractivity contribution in [3.8, 4) is 0 Å². The summed E-state index contributed by atoms with van der Waals surface area (Å²) in [4.78, 5) is 14.2. The highest BCUT2D eigenvalue weighted by Gasteiger charge is 2.17. The van der Waals surface area contributed by atoms with Gasteiger partial charge in [0.25, 0.3) is 0 Å². The Bertz CT molecular complexity index is 291. The van der Waals surface area contributed by atoms with Gasteiger partial charge in [0, 0.05) is 13.0 Å². The summed E-state index contributed by atoms with van der Waals surface area (Å²) in [7, 11) is 2.19. The van der Waals surface area contributed by atoms with Gasteiger partial charge in [-0.25, -0.2) is 0 Å². The predicted molar refractivity (Wildman–Crippen MR) is 97.2 cm³/mol. The van der Waals surface area contributed by atoms with Crippen LogP contribution in [0.25, 0.3) is 0 Å². The number of carbonyl (C=O) groups is 1. The van der Waals surface area contributed by atoms with Crippen molar-refractivity contribution in [2.45, 2.75) is 44.9 Å². The van der Waals surface area contributed by atoms with Crippen molar-refractivity contribution < 1.29 is 4.79 Å². The normalized spacial score (nSPS) is 20.8. The van der Waals surface area contributed by atoms with Gasteiger partial charge in [-0.2, -0.15) is 0 Å². The van der Waals surface area contributed by atoms with Gasteiger partial charge in [0.1, 0.15) is 0 Å². The van der Waals surface area contributed by atoms with Gasteiger partial charge < -0.3 is 15.5 Å². The van der Waals surface area contributed by atoms with Crippen molar-refractivity contribution in [2.75, 3.05) is 39.8 Å². The van der Waals surface area contributed by atoms with Gasteiger partial charge >= 0.3 is 0 Å². The van der Waals surface area contributed by atoms with Crippen molar-refractivity contribution in [1.29, 1.82) is 0 Å². The molecule has 2 heterocycles. The van der Waals surface area contributed by atoms with Crippen LogP contribution in [0.3, 0.4) is 0 Å². The fourth-order valence-electron chi connectivity index (χ4n) is 3.36. The van der Waals surface area contributed by atoms with Crippen LogP contribution >= 0.6 is 24.8 Å². The molecular weight excluding hydrogens is 321 g/mol. The van der Waals surface area contributed by atoms with E-state index in [0.717, 1.165) is 50.7 Å². The first kappa shape index (κ1) is 22.0. The van der Waals surface area contributed by atoms with Gasteiger partial charge in [0.15, 0.2) is 0 Å². The molecule has 2 aliphatic rings. The molecule has 0 radical (unpaired) electrons. The summed E-state index contributed by atoms with van der Waals surface area (Å²) in [6, 6.07) is 0. The molecule has 0 spiro atoms. The van der Waals surface area contributed by atoms with Crippen LogP contribution in [-0.2, 0) is 4.79 Å². The van der Waals surface area contributed by atoms with Crippen LogP contribution < -0.4 is 10.6 Å². The standard InChI is InChI=1S/C16H31N3O.2ClH/c1-19-12-7-15(8-13-19)6-11-18-16(20)3-2-14-4-9-17-10-5-14;;/h14-15,17H,2-13H2,1H3,(H,18,20);2*1H. The summed E-state index contributed by atoms with van der Waals surface area (Å²) in [5.41, 5.74) is 0. The maximum absolute atomic E-state index is 11.8. The molecule has 0 aliphatic carbocycles. The van der Waals surface area contributed by atoms with E-state index in [-0.39, 0.29) is 30.7 Å². The largest absolute Gasteiger partial charge is 0.356 e. The molecular formula is C16H33Cl2N3O. The second-order valence-electron chi connectivity index (χ2n) is 6.62. The van der Waals surface area contributed by atoms with Gasteiger partial charge in [0.2, 0.25) is 5.91 Å². The molecule has 1 amide bonds. The fourth-order valence-corrected chi connectivity index (χ4v) is 3.36. The van der Waals surface area contributed by atoms with Crippen LogP contribution in [0.2, 0.25) is 0 Å². The third-order valence-corrected chi connectivity index (χ3v) is 4.95. The first-order chi connectivity index (χ1) is 9.74. The van der Waals surface area contributed by atoms with Crippen LogP contribution in [0.1, 0.15) is 44.9 Å². The lowest BCUT2D eigenvalue weighted by molar-refractivity contribution is -0.121. The minimum atomic E-state index is 0. The van der Waals surface area contributed by atoms with E-state index in [1.807, 2.05) is 0 Å². The molecule has 0 aromatic heterocycles. The molecule has 0 aromatic rings. The molecule has 0 atom stereocenters. The lowest BCUT2D eigenvalue weighted by atomic mass is 9.93. The number of hydrogen-bond donors (Lipinski definition) is 2. The first-order valence-corrected chi connectivity index (χ1v) is 8.40. The number of halogens is 2. The molecule has 2 aliphatic heterocycles. The van der Waals surface area contributed by atoms with Crippen molar-refractivity contribution in [3.63, 3.8) is 0 Å². The number of carbonyl (C=O) groups excluding carboxylic acids is 1. The summed E-state index contributed by atoms with van der Waals surface area (Å²) in [6.07, 6.45) is 8.02. The molecule has 4 nitrogen and oxygen atoms in total. The Morgan fingerprint density at radius 1 is 1.05 bits per heavy atom. The Balaban J connectivity index is 0.00000220. The highest BCUT2D eigenvalue weighted by Crippen LogP contribution is 2.19. The zero-order valence-electron chi connectivity index (χ0n) is 13.8. The van der Waals surface area contributed by atoms with E-state index in [0.29, 0.717) is 0 Å². The third-order valence-electron chi connectivity index (χ3n) is 4.95. The SMILES string of the molecule is CN1CCC(CCNC(=O)CCC2CCNCC2)CC1.Cl.Cl. The molecule has 2 rings (SSSR count). The quantitative estimate of drug-likeness (QED) is 0.770. The maximum Gasteiger partial charge on any atom is 0.220 e. The molecule has 22 heavy (non-hydrogen) atoms. The average molecular weight is 354 g/mol. The van der Waals surface area contributed by atoms with Crippen LogP contribution in [0.5, 0.6) is 0 Å². The van der Waals surface area contributed by atoms with Gasteiger partial charge in [-0.05, 0) is 83.6 Å². The highest BCUT2D eigenvalue weighted by atomic mass is 35.5. The van der Waals surface area contributed by atoms with E-state index in [9.17, 15) is 4.79 Å². The van der Waals surface area contributed by atoms with Gasteiger partial charge in [-0.1, -0.05) is 0 Å². The summed E-state index contributed by atoms with van der Waals surface area (Å²) in [5.74, 6) is 1.84. The number of piperidine rings is 2. The Hall–Kier alpha value is -0.0300. The number of nitrogens with one attached hydrogen (secondary N) is 2. The zero-order chi connectivity index (χ0) is 14.2. The summed E-state index contributed by atoms with van der Waals surface area (Å²) >= 11 is 0. The molecule has 6 heteroatoms. The number of amides is 1. The lowest BCUT2D eigenvalue weighted by Gasteiger charge is -2.28. The molecule has 0 unspecified atom stereocenters. The second-order valence-corrected chi connectivity index (χ2v) is 6.62. The fraction of sp³-hybridized carbons (Fsp3) is 0.938. The monoisotopic (exact) mass is 353 g/mol. The van der Waals surface area contributed by atoms with Gasteiger partial charge in [-0.15, -0.1) is 24.8 Å². The minimum Gasteiger partial charge on any atom is -0.356 e. The number of rotatable bonds is 6. The van der Waals surface area contributed by atoms with Crippen LogP contribution in [0, 0.1) is 11.8 Å². The van der Waals surface area contributed by atoms with E-state index in [2.05, 4.69) is 22.6 Å².